The van der Waals surface area contributed by atoms with Crippen molar-refractivity contribution in [1.29, 1.82) is 0 Å². The summed E-state index contributed by atoms with van der Waals surface area (Å²) in [6.07, 6.45) is 0.990. The number of nitrogens with zero attached hydrogens (tertiary/aromatic N) is 1. The summed E-state index contributed by atoms with van der Waals surface area (Å²) in [5.74, 6) is -0.164. The van der Waals surface area contributed by atoms with Gasteiger partial charge in [-0.05, 0) is 35.7 Å². The summed E-state index contributed by atoms with van der Waals surface area (Å²) in [6, 6.07) is 14.9. The van der Waals surface area contributed by atoms with Gasteiger partial charge in [-0.2, -0.15) is 0 Å². The van der Waals surface area contributed by atoms with Crippen molar-refractivity contribution >= 4 is 35.0 Å². The van der Waals surface area contributed by atoms with E-state index in [0.717, 1.165) is 17.5 Å². The Bertz CT molecular complexity index is 748. The lowest BCUT2D eigenvalue weighted by molar-refractivity contribution is -0.130. The molecule has 0 aliphatic rings. The van der Waals surface area contributed by atoms with E-state index in [9.17, 15) is 9.59 Å². The first kappa shape index (κ1) is 20.3. The molecule has 0 fully saturated rings. The molecule has 0 radical (unpaired) electrons. The van der Waals surface area contributed by atoms with Crippen molar-refractivity contribution in [2.45, 2.75) is 26.3 Å². The van der Waals surface area contributed by atoms with Gasteiger partial charge >= 0.3 is 0 Å². The maximum atomic E-state index is 12.0. The minimum absolute atomic E-state index is 0.0793. The lowest BCUT2D eigenvalue weighted by Crippen LogP contribution is -2.34. The van der Waals surface area contributed by atoms with Gasteiger partial charge in [0.15, 0.2) is 0 Å². The van der Waals surface area contributed by atoms with Gasteiger partial charge in [-0.15, -0.1) is 0 Å². The van der Waals surface area contributed by atoms with Gasteiger partial charge in [-0.3, -0.25) is 9.59 Å². The summed E-state index contributed by atoms with van der Waals surface area (Å²) in [7, 11) is 0. The summed E-state index contributed by atoms with van der Waals surface area (Å²) in [6.45, 7) is 2.79. The molecule has 6 heteroatoms. The van der Waals surface area contributed by atoms with Crippen LogP contribution < -0.4 is 5.32 Å². The maximum absolute atomic E-state index is 12.0. The Labute approximate surface area is 164 Å². The molecule has 4 nitrogen and oxygen atoms in total. The van der Waals surface area contributed by atoms with Crippen LogP contribution in [0.5, 0.6) is 0 Å². The number of hydrogen-bond donors (Lipinski definition) is 1. The highest BCUT2D eigenvalue weighted by atomic mass is 35.5. The average molecular weight is 393 g/mol. The molecule has 0 atom stereocenters. The normalized spacial score (nSPS) is 10.4. The average Bonchev–Trinajstić information content (AvgIpc) is 2.61. The minimum atomic E-state index is -0.0844. The summed E-state index contributed by atoms with van der Waals surface area (Å²) >= 11 is 12.0. The monoisotopic (exact) mass is 392 g/mol. The standard InChI is InChI=1S/C20H22Cl2N2O2/c1-15(25)24(14-17-4-2-3-5-19(17)22)13-11-20(26)23-12-10-16-6-8-18(21)9-7-16/h2-9H,10-14H2,1H3,(H,23,26). The van der Waals surface area contributed by atoms with Crippen LogP contribution in [0.25, 0.3) is 0 Å². The molecule has 2 rings (SSSR count). The lowest BCUT2D eigenvalue weighted by atomic mass is 10.1. The highest BCUT2D eigenvalue weighted by molar-refractivity contribution is 6.31. The van der Waals surface area contributed by atoms with Gasteiger partial charge in [-0.1, -0.05) is 53.5 Å². The molecular weight excluding hydrogens is 371 g/mol. The van der Waals surface area contributed by atoms with Gasteiger partial charge < -0.3 is 10.2 Å². The molecule has 2 aromatic rings. The van der Waals surface area contributed by atoms with E-state index in [-0.39, 0.29) is 18.2 Å². The lowest BCUT2D eigenvalue weighted by Gasteiger charge is -2.21. The van der Waals surface area contributed by atoms with Gasteiger partial charge in [0.25, 0.3) is 0 Å². The van der Waals surface area contributed by atoms with Crippen molar-refractivity contribution in [2.24, 2.45) is 0 Å². The fourth-order valence-electron chi connectivity index (χ4n) is 2.50. The van der Waals surface area contributed by atoms with E-state index in [2.05, 4.69) is 5.32 Å². The van der Waals surface area contributed by atoms with E-state index in [1.54, 1.807) is 11.0 Å². The Hall–Kier alpha value is -2.04. The summed E-state index contributed by atoms with van der Waals surface area (Å²) in [4.78, 5) is 25.5. The summed E-state index contributed by atoms with van der Waals surface area (Å²) < 4.78 is 0. The molecule has 0 heterocycles. The number of carbonyl (C=O) groups is 2. The van der Waals surface area contributed by atoms with Crippen molar-refractivity contribution in [3.05, 3.63) is 69.7 Å². The van der Waals surface area contributed by atoms with Crippen LogP contribution in [0.2, 0.25) is 10.0 Å². The number of carbonyl (C=O) groups excluding carboxylic acids is 2. The molecule has 0 saturated carbocycles. The van der Waals surface area contributed by atoms with Crippen LogP contribution in [0.1, 0.15) is 24.5 Å². The molecule has 0 unspecified atom stereocenters. The zero-order valence-corrected chi connectivity index (χ0v) is 16.2. The molecule has 2 amide bonds. The minimum Gasteiger partial charge on any atom is -0.356 e. The topological polar surface area (TPSA) is 49.4 Å². The van der Waals surface area contributed by atoms with Crippen molar-refractivity contribution in [1.82, 2.24) is 10.2 Å². The van der Waals surface area contributed by atoms with Gasteiger partial charge in [0.2, 0.25) is 11.8 Å². The van der Waals surface area contributed by atoms with E-state index >= 15 is 0 Å². The number of rotatable bonds is 8. The van der Waals surface area contributed by atoms with Crippen LogP contribution in [-0.2, 0) is 22.6 Å². The van der Waals surface area contributed by atoms with E-state index < -0.39 is 0 Å². The maximum Gasteiger partial charge on any atom is 0.221 e. The number of amides is 2. The smallest absolute Gasteiger partial charge is 0.221 e. The first-order valence-electron chi connectivity index (χ1n) is 8.46. The zero-order chi connectivity index (χ0) is 18.9. The molecule has 138 valence electrons. The third-order valence-electron chi connectivity index (χ3n) is 4.02. The van der Waals surface area contributed by atoms with Gasteiger partial charge in [-0.25, -0.2) is 0 Å². The number of hydrogen-bond acceptors (Lipinski definition) is 2. The van der Waals surface area contributed by atoms with Crippen LogP contribution in [0.3, 0.4) is 0 Å². The van der Waals surface area contributed by atoms with Crippen LogP contribution in [0.4, 0.5) is 0 Å². The van der Waals surface area contributed by atoms with E-state index in [0.29, 0.717) is 29.7 Å². The van der Waals surface area contributed by atoms with Crippen molar-refractivity contribution in [3.8, 4) is 0 Å². The quantitative estimate of drug-likeness (QED) is 0.735. The molecule has 0 aromatic heterocycles. The molecule has 0 saturated heterocycles. The Morgan fingerprint density at radius 3 is 2.38 bits per heavy atom. The van der Waals surface area contributed by atoms with Crippen molar-refractivity contribution < 1.29 is 9.59 Å². The predicted molar refractivity (Wildman–Crippen MR) is 105 cm³/mol. The van der Waals surface area contributed by atoms with Crippen LogP contribution in [-0.4, -0.2) is 29.8 Å². The predicted octanol–water partition coefficient (Wildman–Crippen LogP) is 4.09. The van der Waals surface area contributed by atoms with Gasteiger partial charge in [0.1, 0.15) is 0 Å². The number of halogens is 2. The van der Waals surface area contributed by atoms with Crippen molar-refractivity contribution in [3.63, 3.8) is 0 Å². The Morgan fingerprint density at radius 2 is 1.73 bits per heavy atom. The van der Waals surface area contributed by atoms with Crippen LogP contribution in [0, 0.1) is 0 Å². The highest BCUT2D eigenvalue weighted by Gasteiger charge is 2.13. The molecular formula is C20H22Cl2N2O2. The summed E-state index contributed by atoms with van der Waals surface area (Å²) in [5.41, 5.74) is 1.98. The fourth-order valence-corrected chi connectivity index (χ4v) is 2.82. The SMILES string of the molecule is CC(=O)N(CCC(=O)NCCc1ccc(Cl)cc1)Cc1ccccc1Cl. The van der Waals surface area contributed by atoms with Crippen molar-refractivity contribution in [2.75, 3.05) is 13.1 Å². The van der Waals surface area contributed by atoms with Gasteiger partial charge in [0.05, 0.1) is 0 Å². The van der Waals surface area contributed by atoms with Gasteiger partial charge in [0, 0.05) is 43.0 Å². The van der Waals surface area contributed by atoms with E-state index in [1.165, 1.54) is 6.92 Å². The number of nitrogens with one attached hydrogen (secondary N) is 1. The Morgan fingerprint density at radius 1 is 1.04 bits per heavy atom. The second kappa shape index (κ2) is 10.2. The molecule has 0 bridgehead atoms. The van der Waals surface area contributed by atoms with Crippen LogP contribution in [0.15, 0.2) is 48.5 Å². The Kier molecular flexibility index (Phi) is 7.95. The first-order chi connectivity index (χ1) is 12.5. The molecule has 0 spiro atoms. The van der Waals surface area contributed by atoms with E-state index in [4.69, 9.17) is 23.2 Å². The molecule has 2 aromatic carbocycles. The highest BCUT2D eigenvalue weighted by Crippen LogP contribution is 2.17. The Balaban J connectivity index is 1.77. The zero-order valence-electron chi connectivity index (χ0n) is 14.7. The number of benzene rings is 2. The molecule has 0 aliphatic carbocycles. The fraction of sp³-hybridized carbons (Fsp3) is 0.300. The molecule has 1 N–H and O–H groups in total. The molecule has 26 heavy (non-hydrogen) atoms. The van der Waals surface area contributed by atoms with E-state index in [1.807, 2.05) is 42.5 Å². The summed E-state index contributed by atoms with van der Waals surface area (Å²) in [5, 5.41) is 4.19. The van der Waals surface area contributed by atoms with Crippen LogP contribution >= 0.6 is 23.2 Å². The second-order valence-corrected chi connectivity index (χ2v) is 6.85. The third kappa shape index (κ3) is 6.70. The third-order valence-corrected chi connectivity index (χ3v) is 4.64. The first-order valence-corrected chi connectivity index (χ1v) is 9.21. The second-order valence-electron chi connectivity index (χ2n) is 6.01. The molecule has 0 aliphatic heterocycles. The largest absolute Gasteiger partial charge is 0.356 e.